The molecule has 0 bridgehead atoms. The highest BCUT2D eigenvalue weighted by molar-refractivity contribution is 5.80. The summed E-state index contributed by atoms with van der Waals surface area (Å²) in [6.45, 7) is 3.36. The summed E-state index contributed by atoms with van der Waals surface area (Å²) in [5.41, 5.74) is 0. The number of nitrogens with one attached hydrogen (secondary N) is 1. The zero-order chi connectivity index (χ0) is 48.3. The number of unbranched alkanes of at least 4 members (excludes halogenated alkanes) is 31. The van der Waals surface area contributed by atoms with Gasteiger partial charge in [-0.25, -0.2) is 0 Å². The van der Waals surface area contributed by atoms with Gasteiger partial charge in [0.2, 0.25) is 5.91 Å². The van der Waals surface area contributed by atoms with E-state index in [1.165, 1.54) is 161 Å². The van der Waals surface area contributed by atoms with Gasteiger partial charge in [-0.15, -0.1) is 0 Å². The first kappa shape index (κ1) is 62.6. The van der Waals surface area contributed by atoms with Crippen LogP contribution in [0.25, 0.3) is 0 Å². The summed E-state index contributed by atoms with van der Waals surface area (Å²) >= 11 is 0. The molecule has 11 heteroatoms. The van der Waals surface area contributed by atoms with Crippen LogP contribution >= 0.6 is 0 Å². The minimum atomic E-state index is -1.67. The number of hydrogen-bond donors (Lipinski definition) is 8. The standard InChI is InChI=1S/C55H105NO10/c1-3-5-7-9-11-13-15-16-17-18-19-20-21-22-23-24-25-26-27-28-29-30-31-32-33-35-37-39-41-43-48(59)54(64)56-46(45-65-55-53(63)52(62)51(61)49(44-57)66-55)50(60)47(58)42-40-38-36-34-14-12-10-8-6-4-2/h8,10,34,36,46-53,55,57-63H,3-7,9,11-33,35,37-45H2,1-2H3,(H,56,64)/b10-8+,36-34+. The van der Waals surface area contributed by atoms with Crippen molar-refractivity contribution >= 4 is 5.91 Å². The molecule has 0 aromatic heterocycles. The average molecular weight is 940 g/mol. The van der Waals surface area contributed by atoms with Crippen LogP contribution in [0.15, 0.2) is 24.3 Å². The Morgan fingerprint density at radius 1 is 0.515 bits per heavy atom. The van der Waals surface area contributed by atoms with Gasteiger partial charge in [-0.05, 0) is 44.9 Å². The summed E-state index contributed by atoms with van der Waals surface area (Å²) in [4.78, 5) is 13.1. The molecule has 1 aliphatic heterocycles. The number of carbonyl (C=O) groups is 1. The zero-order valence-corrected chi connectivity index (χ0v) is 42.4. The predicted octanol–water partition coefficient (Wildman–Crippen LogP) is 11.0. The zero-order valence-electron chi connectivity index (χ0n) is 42.4. The molecule has 0 aliphatic carbocycles. The summed E-state index contributed by atoms with van der Waals surface area (Å²) in [6, 6.07) is -1.19. The lowest BCUT2D eigenvalue weighted by atomic mass is 9.98. The number of rotatable bonds is 47. The van der Waals surface area contributed by atoms with Gasteiger partial charge in [0.1, 0.15) is 36.6 Å². The Labute approximate surface area is 404 Å². The van der Waals surface area contributed by atoms with Crippen molar-refractivity contribution in [2.24, 2.45) is 0 Å². The third kappa shape index (κ3) is 33.2. The van der Waals surface area contributed by atoms with Crippen molar-refractivity contribution in [2.45, 2.75) is 306 Å². The maximum absolute atomic E-state index is 13.1. The van der Waals surface area contributed by atoms with Crippen LogP contribution in [-0.4, -0.2) is 110 Å². The molecular weight excluding hydrogens is 835 g/mol. The Morgan fingerprint density at radius 2 is 0.924 bits per heavy atom. The van der Waals surface area contributed by atoms with Gasteiger partial charge in [-0.1, -0.05) is 231 Å². The fraction of sp³-hybridized carbons (Fsp3) is 0.909. The van der Waals surface area contributed by atoms with Gasteiger partial charge in [-0.3, -0.25) is 4.79 Å². The molecule has 1 saturated heterocycles. The van der Waals surface area contributed by atoms with Crippen LogP contribution in [0.1, 0.15) is 251 Å². The van der Waals surface area contributed by atoms with Crippen molar-refractivity contribution in [2.75, 3.05) is 13.2 Å². The minimum Gasteiger partial charge on any atom is -0.394 e. The Morgan fingerprint density at radius 3 is 1.35 bits per heavy atom. The monoisotopic (exact) mass is 940 g/mol. The molecule has 0 spiro atoms. The lowest BCUT2D eigenvalue weighted by Crippen LogP contribution is -2.60. The largest absolute Gasteiger partial charge is 0.394 e. The summed E-state index contributed by atoms with van der Waals surface area (Å²) in [7, 11) is 0. The van der Waals surface area contributed by atoms with Gasteiger partial charge in [-0.2, -0.15) is 0 Å². The fourth-order valence-electron chi connectivity index (χ4n) is 8.94. The molecule has 1 fully saturated rings. The molecule has 0 saturated carbocycles. The normalized spacial score (nSPS) is 20.9. The second kappa shape index (κ2) is 44.8. The number of aliphatic hydroxyl groups is 7. The first-order valence-corrected chi connectivity index (χ1v) is 27.7. The van der Waals surface area contributed by atoms with Crippen molar-refractivity contribution in [3.8, 4) is 0 Å². The minimum absolute atomic E-state index is 0.247. The van der Waals surface area contributed by atoms with E-state index < -0.39 is 74.2 Å². The van der Waals surface area contributed by atoms with E-state index in [9.17, 15) is 40.5 Å². The Balaban J connectivity index is 2.20. The van der Waals surface area contributed by atoms with Crippen molar-refractivity contribution in [1.29, 1.82) is 0 Å². The van der Waals surface area contributed by atoms with Gasteiger partial charge >= 0.3 is 0 Å². The molecule has 0 radical (unpaired) electrons. The van der Waals surface area contributed by atoms with Gasteiger partial charge < -0.3 is 50.5 Å². The number of amides is 1. The third-order valence-corrected chi connectivity index (χ3v) is 13.5. The molecule has 8 N–H and O–H groups in total. The van der Waals surface area contributed by atoms with Crippen molar-refractivity contribution in [3.05, 3.63) is 24.3 Å². The molecule has 9 atom stereocenters. The van der Waals surface area contributed by atoms with E-state index in [4.69, 9.17) is 9.47 Å². The average Bonchev–Trinajstić information content (AvgIpc) is 3.32. The molecule has 11 nitrogen and oxygen atoms in total. The number of hydrogen-bond acceptors (Lipinski definition) is 10. The second-order valence-corrected chi connectivity index (χ2v) is 19.6. The molecule has 390 valence electrons. The number of allylic oxidation sites excluding steroid dienone is 4. The first-order valence-electron chi connectivity index (χ1n) is 27.7. The number of ether oxygens (including phenoxy) is 2. The van der Waals surface area contributed by atoms with Gasteiger partial charge in [0.15, 0.2) is 6.29 Å². The molecule has 9 unspecified atom stereocenters. The highest BCUT2D eigenvalue weighted by Gasteiger charge is 2.44. The van der Waals surface area contributed by atoms with Crippen LogP contribution in [0.4, 0.5) is 0 Å². The maximum atomic E-state index is 13.1. The first-order chi connectivity index (χ1) is 32.2. The van der Waals surface area contributed by atoms with Crippen molar-refractivity contribution in [3.63, 3.8) is 0 Å². The SMILES string of the molecule is CCC/C=C/CC/C=C/CCCC(O)C(O)C(COC1OC(CO)C(O)C(O)C1O)NC(=O)C(O)CCCCCCCCCCCCCCCCCCCCCCCCCCCCCCC. The van der Waals surface area contributed by atoms with Crippen LogP contribution in [0, 0.1) is 0 Å². The highest BCUT2D eigenvalue weighted by Crippen LogP contribution is 2.23. The molecule has 1 heterocycles. The lowest BCUT2D eigenvalue weighted by Gasteiger charge is -2.40. The van der Waals surface area contributed by atoms with Crippen molar-refractivity contribution in [1.82, 2.24) is 5.32 Å². The maximum Gasteiger partial charge on any atom is 0.249 e. The fourth-order valence-corrected chi connectivity index (χ4v) is 8.94. The van der Waals surface area contributed by atoms with E-state index in [0.717, 1.165) is 44.9 Å². The Kier molecular flexibility index (Phi) is 42.5. The van der Waals surface area contributed by atoms with Crippen LogP contribution in [0.2, 0.25) is 0 Å². The summed E-state index contributed by atoms with van der Waals surface area (Å²) in [5.74, 6) is -0.709. The second-order valence-electron chi connectivity index (χ2n) is 19.6. The van der Waals surface area contributed by atoms with Crippen LogP contribution in [0.5, 0.6) is 0 Å². The van der Waals surface area contributed by atoms with E-state index in [2.05, 4.69) is 43.5 Å². The Hall–Kier alpha value is -1.41. The van der Waals surface area contributed by atoms with Gasteiger partial charge in [0.25, 0.3) is 0 Å². The van der Waals surface area contributed by atoms with E-state index in [1.807, 2.05) is 0 Å². The molecule has 0 aromatic rings. The van der Waals surface area contributed by atoms with E-state index in [1.54, 1.807) is 0 Å². The van der Waals surface area contributed by atoms with E-state index in [-0.39, 0.29) is 12.8 Å². The summed E-state index contributed by atoms with van der Waals surface area (Å²) in [6.07, 6.45) is 41.3. The molecular formula is C55H105NO10. The van der Waals surface area contributed by atoms with Crippen LogP contribution in [0.3, 0.4) is 0 Å². The predicted molar refractivity (Wildman–Crippen MR) is 270 cm³/mol. The van der Waals surface area contributed by atoms with E-state index in [0.29, 0.717) is 19.3 Å². The highest BCUT2D eigenvalue weighted by atomic mass is 16.7. The lowest BCUT2D eigenvalue weighted by molar-refractivity contribution is -0.303. The molecule has 1 rings (SSSR count). The number of aliphatic hydroxyl groups excluding tert-OH is 7. The molecule has 66 heavy (non-hydrogen) atoms. The molecule has 0 aromatic carbocycles. The summed E-state index contributed by atoms with van der Waals surface area (Å²) < 4.78 is 11.1. The van der Waals surface area contributed by atoms with E-state index >= 15 is 0 Å². The smallest absolute Gasteiger partial charge is 0.249 e. The van der Waals surface area contributed by atoms with Gasteiger partial charge in [0.05, 0.1) is 25.4 Å². The van der Waals surface area contributed by atoms with Gasteiger partial charge in [0, 0.05) is 0 Å². The van der Waals surface area contributed by atoms with Crippen molar-refractivity contribution < 1.29 is 50.0 Å². The molecule has 1 aliphatic rings. The Bertz CT molecular complexity index is 1120. The van der Waals surface area contributed by atoms with Crippen LogP contribution < -0.4 is 5.32 Å². The third-order valence-electron chi connectivity index (χ3n) is 13.5. The number of carbonyl (C=O) groups excluding carboxylic acids is 1. The quantitative estimate of drug-likeness (QED) is 0.0215. The molecule has 1 amide bonds. The topological polar surface area (TPSA) is 189 Å². The van der Waals surface area contributed by atoms with Crippen LogP contribution in [-0.2, 0) is 14.3 Å². The summed E-state index contributed by atoms with van der Waals surface area (Å²) in [5, 5.41) is 75.7.